The molecule has 1 aliphatic rings. The van der Waals surface area contributed by atoms with Crippen molar-refractivity contribution in [2.24, 2.45) is 0 Å². The predicted octanol–water partition coefficient (Wildman–Crippen LogP) is 3.36. The van der Waals surface area contributed by atoms with Crippen molar-refractivity contribution in [1.82, 2.24) is 4.90 Å². The number of hydrogen-bond acceptors (Lipinski definition) is 2. The molecule has 1 fully saturated rings. The fraction of sp³-hybridized carbons (Fsp3) is 0.533. The summed E-state index contributed by atoms with van der Waals surface area (Å²) in [4.78, 5) is 12.7. The summed E-state index contributed by atoms with van der Waals surface area (Å²) in [7, 11) is 0. The van der Waals surface area contributed by atoms with Crippen LogP contribution in [0.5, 0.6) is 0 Å². The van der Waals surface area contributed by atoms with E-state index in [0.29, 0.717) is 18.5 Å². The first-order valence-electron chi connectivity index (χ1n) is 6.76. The number of alkyl halides is 3. The standard InChI is InChI=1S/C15H18F3NO2/c1-14(2)12(6-7-19(14)9-13(20)21)10-4-3-5-11(8-10)15(16,17)18/h3-5,8,12H,6-7,9H2,1-2H3,(H,20,21). The van der Waals surface area contributed by atoms with Crippen LogP contribution < -0.4 is 0 Å². The van der Waals surface area contributed by atoms with Gasteiger partial charge in [-0.05, 0) is 38.4 Å². The third-order valence-electron chi connectivity index (χ3n) is 4.30. The van der Waals surface area contributed by atoms with Crippen LogP contribution in [0, 0.1) is 0 Å². The molecule has 0 amide bonds. The molecule has 2 rings (SSSR count). The van der Waals surface area contributed by atoms with Gasteiger partial charge in [0.1, 0.15) is 0 Å². The van der Waals surface area contributed by atoms with E-state index >= 15 is 0 Å². The van der Waals surface area contributed by atoms with Gasteiger partial charge in [-0.3, -0.25) is 9.69 Å². The summed E-state index contributed by atoms with van der Waals surface area (Å²) in [5.41, 5.74) is -0.530. The summed E-state index contributed by atoms with van der Waals surface area (Å²) in [5.74, 6) is -1.04. The van der Waals surface area contributed by atoms with Crippen molar-refractivity contribution in [2.45, 2.75) is 37.9 Å². The fourth-order valence-electron chi connectivity index (χ4n) is 3.10. The first-order chi connectivity index (χ1) is 9.62. The van der Waals surface area contributed by atoms with Gasteiger partial charge in [-0.15, -0.1) is 0 Å². The highest BCUT2D eigenvalue weighted by molar-refractivity contribution is 5.69. The zero-order valence-electron chi connectivity index (χ0n) is 11.9. The molecule has 1 aromatic rings. The Morgan fingerprint density at radius 2 is 2.10 bits per heavy atom. The fourth-order valence-corrected chi connectivity index (χ4v) is 3.10. The minimum Gasteiger partial charge on any atom is -0.480 e. The topological polar surface area (TPSA) is 40.5 Å². The largest absolute Gasteiger partial charge is 0.480 e. The van der Waals surface area contributed by atoms with Crippen molar-refractivity contribution >= 4 is 5.97 Å². The Hall–Kier alpha value is -1.56. The van der Waals surface area contributed by atoms with E-state index in [4.69, 9.17) is 5.11 Å². The van der Waals surface area contributed by atoms with Gasteiger partial charge >= 0.3 is 12.1 Å². The number of nitrogens with zero attached hydrogens (tertiary/aromatic N) is 1. The van der Waals surface area contributed by atoms with E-state index in [0.717, 1.165) is 6.07 Å². The average molecular weight is 301 g/mol. The Kier molecular flexibility index (Phi) is 4.02. The van der Waals surface area contributed by atoms with Gasteiger partial charge in [0.25, 0.3) is 0 Å². The molecule has 0 radical (unpaired) electrons. The van der Waals surface area contributed by atoms with Crippen LogP contribution in [0.25, 0.3) is 0 Å². The van der Waals surface area contributed by atoms with Crippen molar-refractivity contribution in [1.29, 1.82) is 0 Å². The molecule has 116 valence electrons. The summed E-state index contributed by atoms with van der Waals surface area (Å²) < 4.78 is 38.4. The highest BCUT2D eigenvalue weighted by Crippen LogP contribution is 2.42. The highest BCUT2D eigenvalue weighted by Gasteiger charge is 2.43. The summed E-state index contributed by atoms with van der Waals surface area (Å²) >= 11 is 0. The van der Waals surface area contributed by atoms with E-state index in [9.17, 15) is 18.0 Å². The second-order valence-corrected chi connectivity index (χ2v) is 5.93. The van der Waals surface area contributed by atoms with Crippen molar-refractivity contribution in [3.8, 4) is 0 Å². The molecule has 0 aromatic heterocycles. The molecule has 1 N–H and O–H groups in total. The monoisotopic (exact) mass is 301 g/mol. The molecule has 1 atom stereocenters. The lowest BCUT2D eigenvalue weighted by atomic mass is 9.82. The maximum absolute atomic E-state index is 12.8. The van der Waals surface area contributed by atoms with Crippen LogP contribution in [0.15, 0.2) is 24.3 Å². The minimum absolute atomic E-state index is 0.0948. The van der Waals surface area contributed by atoms with Crippen LogP contribution in [0.1, 0.15) is 37.3 Å². The maximum atomic E-state index is 12.8. The van der Waals surface area contributed by atoms with Gasteiger partial charge in [0.15, 0.2) is 0 Å². The van der Waals surface area contributed by atoms with Crippen LogP contribution in [0.3, 0.4) is 0 Å². The SMILES string of the molecule is CC1(C)C(c2cccc(C(F)(F)F)c2)CCN1CC(=O)O. The van der Waals surface area contributed by atoms with Gasteiger partial charge in [-0.1, -0.05) is 18.2 Å². The van der Waals surface area contributed by atoms with Crippen LogP contribution in [-0.2, 0) is 11.0 Å². The number of hydrogen-bond donors (Lipinski definition) is 1. The predicted molar refractivity (Wildman–Crippen MR) is 72.1 cm³/mol. The normalized spacial score (nSPS) is 22.4. The molecule has 1 aliphatic heterocycles. The lowest BCUT2D eigenvalue weighted by Crippen LogP contribution is -2.44. The molecule has 1 aromatic carbocycles. The van der Waals surface area contributed by atoms with Crippen LogP contribution >= 0.6 is 0 Å². The number of benzene rings is 1. The Bertz CT molecular complexity index is 540. The Labute approximate surface area is 121 Å². The second-order valence-electron chi connectivity index (χ2n) is 5.93. The van der Waals surface area contributed by atoms with Crippen LogP contribution in [0.2, 0.25) is 0 Å². The first kappa shape index (κ1) is 15.8. The quantitative estimate of drug-likeness (QED) is 0.930. The molecule has 0 bridgehead atoms. The van der Waals surface area contributed by atoms with Crippen molar-refractivity contribution in [3.05, 3.63) is 35.4 Å². The van der Waals surface area contributed by atoms with Crippen LogP contribution in [-0.4, -0.2) is 34.6 Å². The average Bonchev–Trinajstić information content (AvgIpc) is 2.63. The third-order valence-corrected chi connectivity index (χ3v) is 4.30. The highest BCUT2D eigenvalue weighted by atomic mass is 19.4. The second kappa shape index (κ2) is 5.33. The molecular formula is C15H18F3NO2. The maximum Gasteiger partial charge on any atom is 0.416 e. The van der Waals surface area contributed by atoms with Gasteiger partial charge in [-0.2, -0.15) is 13.2 Å². The Balaban J connectivity index is 2.29. The molecular weight excluding hydrogens is 283 g/mol. The summed E-state index contributed by atoms with van der Waals surface area (Å²) in [5, 5.41) is 8.92. The Morgan fingerprint density at radius 1 is 1.43 bits per heavy atom. The van der Waals surface area contributed by atoms with E-state index < -0.39 is 23.2 Å². The van der Waals surface area contributed by atoms with E-state index in [1.807, 2.05) is 13.8 Å². The summed E-state index contributed by atoms with van der Waals surface area (Å²) in [6.45, 7) is 4.24. The number of carboxylic acid groups (broad SMARTS) is 1. The lowest BCUT2D eigenvalue weighted by Gasteiger charge is -2.35. The Morgan fingerprint density at radius 3 is 2.67 bits per heavy atom. The molecule has 0 aliphatic carbocycles. The molecule has 3 nitrogen and oxygen atoms in total. The molecule has 0 saturated carbocycles. The van der Waals surface area contributed by atoms with Gasteiger partial charge in [0.05, 0.1) is 12.1 Å². The van der Waals surface area contributed by atoms with Crippen molar-refractivity contribution in [3.63, 3.8) is 0 Å². The third kappa shape index (κ3) is 3.20. The van der Waals surface area contributed by atoms with Gasteiger partial charge in [0.2, 0.25) is 0 Å². The number of likely N-dealkylation sites (tertiary alicyclic amines) is 1. The summed E-state index contributed by atoms with van der Waals surface area (Å²) in [6.07, 6.45) is -3.71. The van der Waals surface area contributed by atoms with E-state index in [-0.39, 0.29) is 12.5 Å². The van der Waals surface area contributed by atoms with Crippen molar-refractivity contribution < 1.29 is 23.1 Å². The van der Waals surface area contributed by atoms with E-state index in [1.165, 1.54) is 12.1 Å². The minimum atomic E-state index is -4.36. The van der Waals surface area contributed by atoms with Crippen LogP contribution in [0.4, 0.5) is 13.2 Å². The zero-order valence-corrected chi connectivity index (χ0v) is 11.9. The lowest BCUT2D eigenvalue weighted by molar-refractivity contribution is -0.139. The van der Waals surface area contributed by atoms with Gasteiger partial charge < -0.3 is 5.11 Å². The zero-order chi connectivity index (χ0) is 15.8. The molecule has 6 heteroatoms. The molecule has 1 unspecified atom stereocenters. The number of halogens is 3. The number of carboxylic acids is 1. The van der Waals surface area contributed by atoms with E-state index in [1.54, 1.807) is 11.0 Å². The van der Waals surface area contributed by atoms with Crippen molar-refractivity contribution in [2.75, 3.05) is 13.1 Å². The smallest absolute Gasteiger partial charge is 0.416 e. The molecule has 21 heavy (non-hydrogen) atoms. The number of aliphatic carboxylic acids is 1. The molecule has 1 heterocycles. The summed E-state index contributed by atoms with van der Waals surface area (Å²) in [6, 6.07) is 5.33. The van der Waals surface area contributed by atoms with Gasteiger partial charge in [0, 0.05) is 11.5 Å². The number of rotatable bonds is 3. The molecule has 1 saturated heterocycles. The molecule has 0 spiro atoms. The number of carbonyl (C=O) groups is 1. The van der Waals surface area contributed by atoms with E-state index in [2.05, 4.69) is 0 Å². The van der Waals surface area contributed by atoms with Gasteiger partial charge in [-0.25, -0.2) is 0 Å². The first-order valence-corrected chi connectivity index (χ1v) is 6.76.